The van der Waals surface area contributed by atoms with Crippen molar-refractivity contribution in [2.45, 2.75) is 113 Å². The normalized spacial score (nSPS) is 26.4. The van der Waals surface area contributed by atoms with Gasteiger partial charge in [0.15, 0.2) is 24.5 Å². The molecule has 0 aliphatic carbocycles. The third kappa shape index (κ3) is 7.77. The van der Waals surface area contributed by atoms with Gasteiger partial charge in [0, 0.05) is 12.5 Å². The molecule has 12 heteroatoms. The van der Waals surface area contributed by atoms with Crippen LogP contribution in [0.25, 0.3) is 0 Å². The average Bonchev–Trinajstić information content (AvgIpc) is 2.78. The Hall–Kier alpha value is -3.02. The molecule has 0 radical (unpaired) electrons. The van der Waals surface area contributed by atoms with E-state index in [1.807, 2.05) is 0 Å². The lowest BCUT2D eigenvalue weighted by atomic mass is 9.93. The predicted molar refractivity (Wildman–Crippen MR) is 138 cm³/mol. The summed E-state index contributed by atoms with van der Waals surface area (Å²) >= 11 is 0. The van der Waals surface area contributed by atoms with Gasteiger partial charge in [-0.25, -0.2) is 0 Å². The molecule has 220 valence electrons. The summed E-state index contributed by atoms with van der Waals surface area (Å²) < 4.78 is 23.6. The van der Waals surface area contributed by atoms with Gasteiger partial charge in [-0.05, 0) is 68.7 Å². The van der Waals surface area contributed by atoms with Crippen LogP contribution in [0.15, 0.2) is 11.9 Å². The van der Waals surface area contributed by atoms with E-state index in [2.05, 4.69) is 0 Å². The molecule has 0 saturated carbocycles. The number of nitro groups is 1. The fourth-order valence-electron chi connectivity index (χ4n) is 3.82. The van der Waals surface area contributed by atoms with E-state index in [0.29, 0.717) is 6.42 Å². The minimum Gasteiger partial charge on any atom is -0.455 e. The summed E-state index contributed by atoms with van der Waals surface area (Å²) in [7, 11) is 0. The van der Waals surface area contributed by atoms with Gasteiger partial charge < -0.3 is 23.8 Å². The summed E-state index contributed by atoms with van der Waals surface area (Å²) in [5.74, 6) is -2.50. The summed E-state index contributed by atoms with van der Waals surface area (Å²) in [4.78, 5) is 63.8. The zero-order chi connectivity index (χ0) is 30.1. The van der Waals surface area contributed by atoms with Crippen LogP contribution in [0, 0.1) is 26.4 Å². The van der Waals surface area contributed by atoms with Crippen molar-refractivity contribution >= 4 is 23.7 Å². The number of nitrogens with zero attached hydrogens (tertiary/aromatic N) is 2. The highest BCUT2D eigenvalue weighted by Gasteiger charge is 2.53. The first-order chi connectivity index (χ1) is 17.7. The number of rotatable bonds is 6. The fraction of sp³-hybridized carbons (Fsp3) is 0.778. The van der Waals surface area contributed by atoms with Gasteiger partial charge in [0.2, 0.25) is 5.78 Å². The molecule has 39 heavy (non-hydrogen) atoms. The van der Waals surface area contributed by atoms with E-state index in [-0.39, 0.29) is 13.0 Å². The second-order valence-corrected chi connectivity index (χ2v) is 13.1. The molecule has 1 fully saturated rings. The first-order valence-electron chi connectivity index (χ1n) is 13.1. The summed E-state index contributed by atoms with van der Waals surface area (Å²) in [5.41, 5.74) is -3.44. The third-order valence-electron chi connectivity index (χ3n) is 6.35. The smallest absolute Gasteiger partial charge is 0.327 e. The summed E-state index contributed by atoms with van der Waals surface area (Å²) in [6.45, 7) is 16.4. The monoisotopic (exact) mass is 554 g/mol. The van der Waals surface area contributed by atoms with Gasteiger partial charge in [-0.2, -0.15) is 0 Å². The van der Waals surface area contributed by atoms with E-state index >= 15 is 0 Å². The lowest BCUT2D eigenvalue weighted by molar-refractivity contribution is -0.421. The van der Waals surface area contributed by atoms with Crippen LogP contribution < -0.4 is 0 Å². The number of ether oxygens (including phenoxy) is 4. The van der Waals surface area contributed by atoms with Gasteiger partial charge in [-0.3, -0.25) is 29.3 Å². The number of allylic oxidation sites excluding steroid dienone is 1. The van der Waals surface area contributed by atoms with E-state index in [9.17, 15) is 29.3 Å². The van der Waals surface area contributed by atoms with Crippen molar-refractivity contribution in [1.29, 1.82) is 0 Å². The summed E-state index contributed by atoms with van der Waals surface area (Å²) in [5, 5.41) is 11.6. The zero-order valence-electron chi connectivity index (χ0n) is 24.6. The number of hydrogen-bond acceptors (Lipinski definition) is 11. The molecule has 2 rings (SSSR count). The molecule has 2 heterocycles. The Kier molecular flexibility index (Phi) is 9.58. The van der Waals surface area contributed by atoms with Crippen LogP contribution in [0.1, 0.15) is 82.1 Å². The van der Waals surface area contributed by atoms with E-state index in [0.717, 1.165) is 6.20 Å². The number of carbonyl (C=O) groups is 4. The van der Waals surface area contributed by atoms with E-state index in [4.69, 9.17) is 18.9 Å². The second-order valence-electron chi connectivity index (χ2n) is 13.1. The molecule has 2 aliphatic heterocycles. The fourth-order valence-corrected chi connectivity index (χ4v) is 3.82. The Labute approximate surface area is 229 Å². The standard InChI is InChI=1S/C27H42N2O10/c1-11-15-12-17(30)16(29(34)35)13-28(15)21-20(39-24(33)27(8,9)10)19(38-23(32)26(5,6)7)18(14-36-21)37-22(31)25(2,3)4/h13,15,18-21H,11-12,14H2,1-10H3/t15-,18+,19+,20-,21-/m0/s1. The largest absolute Gasteiger partial charge is 0.455 e. The summed E-state index contributed by atoms with van der Waals surface area (Å²) in [6.07, 6.45) is -3.60. The van der Waals surface area contributed by atoms with Crippen molar-refractivity contribution in [3.63, 3.8) is 0 Å². The highest BCUT2D eigenvalue weighted by Crippen LogP contribution is 2.35. The Bertz CT molecular complexity index is 1020. The Balaban J connectivity index is 2.66. The van der Waals surface area contributed by atoms with Crippen LogP contribution in [-0.4, -0.2) is 70.7 Å². The molecule has 0 aromatic carbocycles. The molecule has 12 nitrogen and oxygen atoms in total. The molecular formula is C27H42N2O10. The molecule has 0 unspecified atom stereocenters. The number of hydrogen-bond donors (Lipinski definition) is 0. The minimum atomic E-state index is -1.35. The summed E-state index contributed by atoms with van der Waals surface area (Å²) in [6, 6.07) is -0.519. The first kappa shape index (κ1) is 32.2. The van der Waals surface area contributed by atoms with Gasteiger partial charge in [0.05, 0.1) is 34.0 Å². The van der Waals surface area contributed by atoms with Crippen LogP contribution in [0.4, 0.5) is 0 Å². The van der Waals surface area contributed by atoms with Gasteiger partial charge >= 0.3 is 23.6 Å². The van der Waals surface area contributed by atoms with Crippen molar-refractivity contribution in [2.75, 3.05) is 6.61 Å². The van der Waals surface area contributed by atoms with Crippen LogP contribution in [-0.2, 0) is 38.1 Å². The molecule has 0 aromatic heterocycles. The highest BCUT2D eigenvalue weighted by atomic mass is 16.7. The van der Waals surface area contributed by atoms with E-state index < -0.39 is 81.1 Å². The highest BCUT2D eigenvalue weighted by molar-refractivity contribution is 5.94. The van der Waals surface area contributed by atoms with Gasteiger partial charge in [0.1, 0.15) is 0 Å². The second kappa shape index (κ2) is 11.6. The maximum Gasteiger partial charge on any atom is 0.327 e. The maximum atomic E-state index is 13.1. The molecule has 0 spiro atoms. The average molecular weight is 555 g/mol. The first-order valence-corrected chi connectivity index (χ1v) is 13.1. The van der Waals surface area contributed by atoms with Crippen LogP contribution in [0.3, 0.4) is 0 Å². The molecule has 1 saturated heterocycles. The van der Waals surface area contributed by atoms with Gasteiger partial charge in [0.25, 0.3) is 0 Å². The molecular weight excluding hydrogens is 512 g/mol. The van der Waals surface area contributed by atoms with Crippen LogP contribution in [0.2, 0.25) is 0 Å². The molecule has 0 amide bonds. The molecule has 2 aliphatic rings. The lowest BCUT2D eigenvalue weighted by Gasteiger charge is -2.48. The van der Waals surface area contributed by atoms with Crippen molar-refractivity contribution < 1.29 is 43.0 Å². The predicted octanol–water partition coefficient (Wildman–Crippen LogP) is 3.39. The van der Waals surface area contributed by atoms with Crippen molar-refractivity contribution in [1.82, 2.24) is 4.90 Å². The van der Waals surface area contributed by atoms with Crippen molar-refractivity contribution in [3.8, 4) is 0 Å². The quantitative estimate of drug-likeness (QED) is 0.206. The zero-order valence-corrected chi connectivity index (χ0v) is 24.6. The Morgan fingerprint density at radius 2 is 1.38 bits per heavy atom. The Morgan fingerprint density at radius 1 is 0.923 bits per heavy atom. The lowest BCUT2D eigenvalue weighted by Crippen LogP contribution is -2.64. The minimum absolute atomic E-state index is 0.155. The Morgan fingerprint density at radius 3 is 1.82 bits per heavy atom. The van der Waals surface area contributed by atoms with Gasteiger partial charge in [-0.1, -0.05) is 6.92 Å². The molecule has 0 N–H and O–H groups in total. The van der Waals surface area contributed by atoms with Crippen LogP contribution in [0.5, 0.6) is 0 Å². The van der Waals surface area contributed by atoms with Crippen molar-refractivity contribution in [2.24, 2.45) is 16.2 Å². The van der Waals surface area contributed by atoms with Gasteiger partial charge in [-0.15, -0.1) is 0 Å². The van der Waals surface area contributed by atoms with Crippen LogP contribution >= 0.6 is 0 Å². The molecule has 0 bridgehead atoms. The van der Waals surface area contributed by atoms with Crippen molar-refractivity contribution in [3.05, 3.63) is 22.0 Å². The maximum absolute atomic E-state index is 13.1. The molecule has 5 atom stereocenters. The number of ketones is 1. The molecule has 0 aromatic rings. The number of carbonyl (C=O) groups excluding carboxylic acids is 4. The third-order valence-corrected chi connectivity index (χ3v) is 6.35. The van der Waals surface area contributed by atoms with E-state index in [1.165, 1.54) is 4.90 Å². The number of Topliss-reactive ketones (excluding diaryl/α,β-unsaturated/α-hetero) is 1. The van der Waals surface area contributed by atoms with E-state index in [1.54, 1.807) is 69.2 Å². The topological polar surface area (TPSA) is 152 Å². The number of esters is 3. The SMILES string of the molecule is CC[C@H]1CC(=O)C([N+](=O)[O-])=CN1[C@H]1OC[C@@H](OC(=O)C(C)(C)C)[C@@H](OC(=O)C(C)(C)C)[C@@H]1OC(=O)C(C)(C)C.